The third-order valence-electron chi connectivity index (χ3n) is 6.36. The van der Waals surface area contributed by atoms with Gasteiger partial charge in [-0.05, 0) is 38.0 Å². The number of aryl methyl sites for hydroxylation is 1. The average molecular weight is 469 g/mol. The van der Waals surface area contributed by atoms with Crippen LogP contribution in [0.4, 0.5) is 0 Å². The topological polar surface area (TPSA) is 96.9 Å². The molecule has 1 aliphatic rings. The SMILES string of the molecule is COc1ccccc1Cc1ccc(C(=O)N2CCC[C@H](c3cncc(-c4ncc(C)[nH]4)n3)C2)cn1. The summed E-state index contributed by atoms with van der Waals surface area (Å²) in [6, 6.07) is 11.7. The smallest absolute Gasteiger partial charge is 0.255 e. The quantitative estimate of drug-likeness (QED) is 0.456. The van der Waals surface area contributed by atoms with Crippen LogP contribution < -0.4 is 4.74 Å². The summed E-state index contributed by atoms with van der Waals surface area (Å²) in [6.07, 6.45) is 9.50. The minimum Gasteiger partial charge on any atom is -0.496 e. The molecule has 1 atom stereocenters. The minimum atomic E-state index is -0.00295. The number of nitrogens with zero attached hydrogens (tertiary/aromatic N) is 5. The van der Waals surface area contributed by atoms with Gasteiger partial charge >= 0.3 is 0 Å². The van der Waals surface area contributed by atoms with Crippen LogP contribution in [0, 0.1) is 6.92 Å². The van der Waals surface area contributed by atoms with E-state index in [4.69, 9.17) is 9.72 Å². The molecule has 5 rings (SSSR count). The van der Waals surface area contributed by atoms with Crippen LogP contribution in [0.1, 0.15) is 51.8 Å². The summed E-state index contributed by atoms with van der Waals surface area (Å²) in [5.41, 5.74) is 5.13. The zero-order valence-corrected chi connectivity index (χ0v) is 19.9. The fraction of sp³-hybridized carbons (Fsp3) is 0.296. The Morgan fingerprint density at radius 3 is 2.77 bits per heavy atom. The fourth-order valence-corrected chi connectivity index (χ4v) is 4.52. The van der Waals surface area contributed by atoms with E-state index in [1.165, 1.54) is 0 Å². The average Bonchev–Trinajstić information content (AvgIpc) is 3.35. The second kappa shape index (κ2) is 10.0. The molecule has 0 aliphatic carbocycles. The highest BCUT2D eigenvalue weighted by molar-refractivity contribution is 5.94. The molecule has 4 heterocycles. The number of carbonyl (C=O) groups excluding carboxylic acids is 1. The molecule has 178 valence electrons. The van der Waals surface area contributed by atoms with Crippen molar-refractivity contribution in [3.63, 3.8) is 0 Å². The summed E-state index contributed by atoms with van der Waals surface area (Å²) in [5, 5.41) is 0. The van der Waals surface area contributed by atoms with Crippen LogP contribution >= 0.6 is 0 Å². The van der Waals surface area contributed by atoms with Crippen LogP contribution in [0.25, 0.3) is 11.5 Å². The van der Waals surface area contributed by atoms with E-state index in [2.05, 4.69) is 19.9 Å². The number of nitrogens with one attached hydrogen (secondary N) is 1. The number of hydrogen-bond donors (Lipinski definition) is 1. The molecule has 0 radical (unpaired) electrons. The largest absolute Gasteiger partial charge is 0.496 e. The Morgan fingerprint density at radius 2 is 2.00 bits per heavy atom. The maximum atomic E-state index is 13.3. The molecular formula is C27H28N6O2. The van der Waals surface area contributed by atoms with Gasteiger partial charge in [0, 0.05) is 61.0 Å². The zero-order chi connectivity index (χ0) is 24.2. The summed E-state index contributed by atoms with van der Waals surface area (Å²) in [6.45, 7) is 3.29. The molecule has 1 N–H and O–H groups in total. The van der Waals surface area contributed by atoms with E-state index in [1.54, 1.807) is 31.9 Å². The van der Waals surface area contributed by atoms with E-state index in [1.807, 2.05) is 48.2 Å². The Bertz CT molecular complexity index is 1320. The van der Waals surface area contributed by atoms with Crippen molar-refractivity contribution in [1.82, 2.24) is 29.8 Å². The number of H-pyrrole nitrogens is 1. The van der Waals surface area contributed by atoms with Gasteiger partial charge in [0.2, 0.25) is 0 Å². The molecule has 1 aromatic carbocycles. The van der Waals surface area contributed by atoms with Crippen molar-refractivity contribution >= 4 is 5.91 Å². The normalized spacial score (nSPS) is 15.7. The maximum absolute atomic E-state index is 13.3. The number of hydrogen-bond acceptors (Lipinski definition) is 6. The van der Waals surface area contributed by atoms with Crippen molar-refractivity contribution < 1.29 is 9.53 Å². The molecule has 0 saturated carbocycles. The highest BCUT2D eigenvalue weighted by atomic mass is 16.5. The van der Waals surface area contributed by atoms with Crippen LogP contribution in [0.2, 0.25) is 0 Å². The van der Waals surface area contributed by atoms with E-state index in [9.17, 15) is 4.79 Å². The molecule has 0 bridgehead atoms. The van der Waals surface area contributed by atoms with Gasteiger partial charge in [-0.15, -0.1) is 0 Å². The first-order chi connectivity index (χ1) is 17.1. The van der Waals surface area contributed by atoms with Crippen LogP contribution in [-0.4, -0.2) is 55.9 Å². The number of methoxy groups -OCH3 is 1. The Hall–Kier alpha value is -4.07. The summed E-state index contributed by atoms with van der Waals surface area (Å²) < 4.78 is 5.44. The van der Waals surface area contributed by atoms with Crippen LogP contribution in [0.3, 0.4) is 0 Å². The van der Waals surface area contributed by atoms with Gasteiger partial charge in [-0.3, -0.25) is 14.8 Å². The molecule has 8 nitrogen and oxygen atoms in total. The molecule has 3 aromatic heterocycles. The van der Waals surface area contributed by atoms with Gasteiger partial charge in [-0.25, -0.2) is 9.97 Å². The van der Waals surface area contributed by atoms with Crippen LogP contribution in [0.5, 0.6) is 5.75 Å². The van der Waals surface area contributed by atoms with Crippen molar-refractivity contribution in [2.24, 2.45) is 0 Å². The zero-order valence-electron chi connectivity index (χ0n) is 19.9. The fourth-order valence-electron chi connectivity index (χ4n) is 4.52. The van der Waals surface area contributed by atoms with Crippen molar-refractivity contribution in [3.8, 4) is 17.3 Å². The molecule has 1 aliphatic heterocycles. The first-order valence-corrected chi connectivity index (χ1v) is 11.8. The van der Waals surface area contributed by atoms with Gasteiger partial charge in [0.15, 0.2) is 5.82 Å². The summed E-state index contributed by atoms with van der Waals surface area (Å²) in [7, 11) is 1.67. The summed E-state index contributed by atoms with van der Waals surface area (Å²) in [4.78, 5) is 36.5. The molecule has 35 heavy (non-hydrogen) atoms. The van der Waals surface area contributed by atoms with Gasteiger partial charge in [0.1, 0.15) is 11.4 Å². The third-order valence-corrected chi connectivity index (χ3v) is 6.36. The van der Waals surface area contributed by atoms with Gasteiger partial charge in [-0.1, -0.05) is 18.2 Å². The van der Waals surface area contributed by atoms with Crippen molar-refractivity contribution in [3.05, 3.63) is 89.4 Å². The number of aromatic nitrogens is 5. The number of benzene rings is 1. The minimum absolute atomic E-state index is 0.00295. The predicted octanol–water partition coefficient (Wildman–Crippen LogP) is 4.19. The lowest BCUT2D eigenvalue weighted by Crippen LogP contribution is -2.39. The Labute approximate surface area is 204 Å². The Kier molecular flexibility index (Phi) is 6.52. The van der Waals surface area contributed by atoms with Gasteiger partial charge in [0.25, 0.3) is 5.91 Å². The molecule has 1 amide bonds. The highest BCUT2D eigenvalue weighted by Crippen LogP contribution is 2.27. The second-order valence-electron chi connectivity index (χ2n) is 8.86. The maximum Gasteiger partial charge on any atom is 0.255 e. The molecule has 8 heteroatoms. The number of likely N-dealkylation sites (tertiary alicyclic amines) is 1. The number of ether oxygens (including phenoxy) is 1. The first-order valence-electron chi connectivity index (χ1n) is 11.8. The van der Waals surface area contributed by atoms with E-state index < -0.39 is 0 Å². The molecule has 0 spiro atoms. The summed E-state index contributed by atoms with van der Waals surface area (Å²) in [5.74, 6) is 1.67. The highest BCUT2D eigenvalue weighted by Gasteiger charge is 2.27. The lowest BCUT2D eigenvalue weighted by molar-refractivity contribution is 0.0705. The van der Waals surface area contributed by atoms with Crippen LogP contribution in [-0.2, 0) is 6.42 Å². The summed E-state index contributed by atoms with van der Waals surface area (Å²) >= 11 is 0. The number of piperidine rings is 1. The molecule has 1 saturated heterocycles. The first kappa shape index (κ1) is 22.7. The number of imidazole rings is 1. The van der Waals surface area contributed by atoms with Crippen LogP contribution in [0.15, 0.2) is 61.2 Å². The van der Waals surface area contributed by atoms with E-state index in [0.29, 0.717) is 30.0 Å². The van der Waals surface area contributed by atoms with Crippen molar-refractivity contribution in [2.75, 3.05) is 20.2 Å². The van der Waals surface area contributed by atoms with Gasteiger partial charge in [0.05, 0.1) is 24.6 Å². The number of amides is 1. The number of rotatable bonds is 6. The lowest BCUT2D eigenvalue weighted by atomic mass is 9.94. The number of pyridine rings is 1. The standard InChI is InChI=1S/C27H28N6O2/c1-18-13-30-26(31-18)24-16-28-15-23(32-24)21-7-5-11-33(17-21)27(34)20-9-10-22(29-14-20)12-19-6-3-4-8-25(19)35-2/h3-4,6,8-10,13-16,21H,5,7,11-12,17H2,1-2H3,(H,30,31)/t21-/m0/s1. The number of aromatic amines is 1. The lowest BCUT2D eigenvalue weighted by Gasteiger charge is -2.32. The molecule has 0 unspecified atom stereocenters. The third kappa shape index (κ3) is 5.06. The van der Waals surface area contributed by atoms with Gasteiger partial charge < -0.3 is 14.6 Å². The van der Waals surface area contributed by atoms with Gasteiger partial charge in [-0.2, -0.15) is 0 Å². The van der Waals surface area contributed by atoms with E-state index >= 15 is 0 Å². The monoisotopic (exact) mass is 468 g/mol. The second-order valence-corrected chi connectivity index (χ2v) is 8.86. The van der Waals surface area contributed by atoms with E-state index in [0.717, 1.165) is 47.8 Å². The Balaban J connectivity index is 1.27. The molecule has 1 fully saturated rings. The van der Waals surface area contributed by atoms with Crippen molar-refractivity contribution in [1.29, 1.82) is 0 Å². The molecule has 4 aromatic rings. The predicted molar refractivity (Wildman–Crippen MR) is 132 cm³/mol. The number of para-hydroxylation sites is 1. The van der Waals surface area contributed by atoms with Crippen molar-refractivity contribution in [2.45, 2.75) is 32.1 Å². The van der Waals surface area contributed by atoms with E-state index in [-0.39, 0.29) is 11.8 Å². The number of carbonyl (C=O) groups is 1. The molecular weight excluding hydrogens is 440 g/mol. The Morgan fingerprint density at radius 1 is 1.11 bits per heavy atom.